The molecule has 0 saturated carbocycles. The molecule has 3 rings (SSSR count). The SMILES string of the molecule is NC(=O)c1ccccc1CNC(=O)C1CC(F)(F)CN1C(=O)C(O)[CH]Cc1ccccc1. The van der Waals surface area contributed by atoms with E-state index in [0.29, 0.717) is 10.5 Å². The largest absolute Gasteiger partial charge is 0.383 e. The Kier molecular flexibility index (Phi) is 7.19. The number of carbonyl (C=O) groups excluding carboxylic acids is 3. The minimum atomic E-state index is -3.26. The molecule has 169 valence electrons. The smallest absolute Gasteiger partial charge is 0.267 e. The maximum Gasteiger partial charge on any atom is 0.267 e. The first-order valence-electron chi connectivity index (χ1n) is 10.1. The zero-order chi connectivity index (χ0) is 23.3. The van der Waals surface area contributed by atoms with Gasteiger partial charge in [-0.2, -0.15) is 0 Å². The van der Waals surface area contributed by atoms with Crippen LogP contribution in [0.15, 0.2) is 54.6 Å². The van der Waals surface area contributed by atoms with Crippen LogP contribution in [0.4, 0.5) is 8.78 Å². The van der Waals surface area contributed by atoms with Crippen molar-refractivity contribution in [3.63, 3.8) is 0 Å². The van der Waals surface area contributed by atoms with E-state index in [9.17, 15) is 28.3 Å². The molecule has 3 amide bonds. The summed E-state index contributed by atoms with van der Waals surface area (Å²) in [5, 5.41) is 12.7. The highest BCUT2D eigenvalue weighted by Crippen LogP contribution is 2.33. The van der Waals surface area contributed by atoms with Gasteiger partial charge in [0.1, 0.15) is 12.1 Å². The summed E-state index contributed by atoms with van der Waals surface area (Å²) in [6, 6.07) is 13.9. The molecule has 2 unspecified atom stereocenters. The number of primary amides is 1. The second-order valence-corrected chi connectivity index (χ2v) is 7.65. The van der Waals surface area contributed by atoms with Crippen molar-refractivity contribution in [2.75, 3.05) is 6.54 Å². The summed E-state index contributed by atoms with van der Waals surface area (Å²) in [5.41, 5.74) is 6.77. The molecule has 1 fully saturated rings. The van der Waals surface area contributed by atoms with Gasteiger partial charge >= 0.3 is 0 Å². The minimum absolute atomic E-state index is 0.120. The number of nitrogens with two attached hydrogens (primary N) is 1. The number of amides is 3. The van der Waals surface area contributed by atoms with Gasteiger partial charge in [-0.1, -0.05) is 48.5 Å². The standard InChI is InChI=1S/C23H24F2N3O4/c24-23(25)12-18(21(31)27-13-16-8-4-5-9-17(16)20(26)30)28(14-23)22(32)19(29)11-10-15-6-2-1-3-7-15/h1-9,11,18-19,29H,10,12-14H2,(H2,26,30)(H,27,31). The summed E-state index contributed by atoms with van der Waals surface area (Å²) >= 11 is 0. The molecule has 1 saturated heterocycles. The number of nitrogens with zero attached hydrogens (tertiary/aromatic N) is 1. The van der Waals surface area contributed by atoms with Crippen LogP contribution in [0.1, 0.15) is 27.9 Å². The molecule has 4 N–H and O–H groups in total. The van der Waals surface area contributed by atoms with Crippen molar-refractivity contribution >= 4 is 17.7 Å². The lowest BCUT2D eigenvalue weighted by molar-refractivity contribution is -0.144. The van der Waals surface area contributed by atoms with Crippen LogP contribution in [-0.4, -0.2) is 52.3 Å². The van der Waals surface area contributed by atoms with Gasteiger partial charge in [0.15, 0.2) is 0 Å². The van der Waals surface area contributed by atoms with Gasteiger partial charge in [-0.3, -0.25) is 14.4 Å². The number of halogens is 2. The number of rotatable bonds is 8. The number of hydrogen-bond donors (Lipinski definition) is 3. The van der Waals surface area contributed by atoms with Crippen molar-refractivity contribution in [2.45, 2.75) is 37.5 Å². The fraction of sp³-hybridized carbons (Fsp3) is 0.304. The van der Waals surface area contributed by atoms with Crippen molar-refractivity contribution in [2.24, 2.45) is 5.73 Å². The Hall–Kier alpha value is -3.33. The quantitative estimate of drug-likeness (QED) is 0.572. The van der Waals surface area contributed by atoms with Gasteiger partial charge in [0.05, 0.1) is 6.54 Å². The van der Waals surface area contributed by atoms with E-state index >= 15 is 0 Å². The molecule has 32 heavy (non-hydrogen) atoms. The third kappa shape index (κ3) is 5.67. The number of benzene rings is 2. The van der Waals surface area contributed by atoms with Gasteiger partial charge in [-0.25, -0.2) is 8.78 Å². The van der Waals surface area contributed by atoms with Crippen LogP contribution in [-0.2, 0) is 22.6 Å². The number of aliphatic hydroxyl groups excluding tert-OH is 1. The van der Waals surface area contributed by atoms with Crippen LogP contribution in [0, 0.1) is 6.42 Å². The first-order chi connectivity index (χ1) is 15.2. The lowest BCUT2D eigenvalue weighted by atomic mass is 10.1. The predicted octanol–water partition coefficient (Wildman–Crippen LogP) is 1.45. The molecular formula is C23H24F2N3O4. The maximum absolute atomic E-state index is 14.1. The summed E-state index contributed by atoms with van der Waals surface area (Å²) < 4.78 is 28.2. The second-order valence-electron chi connectivity index (χ2n) is 7.65. The lowest BCUT2D eigenvalue weighted by Crippen LogP contribution is -2.49. The van der Waals surface area contributed by atoms with E-state index in [1.54, 1.807) is 42.5 Å². The highest BCUT2D eigenvalue weighted by atomic mass is 19.3. The maximum atomic E-state index is 14.1. The summed E-state index contributed by atoms with van der Waals surface area (Å²) in [7, 11) is 0. The van der Waals surface area contributed by atoms with E-state index in [4.69, 9.17) is 5.73 Å². The number of alkyl halides is 2. The summed E-state index contributed by atoms with van der Waals surface area (Å²) in [6.45, 7) is -1.08. The van der Waals surface area contributed by atoms with E-state index in [2.05, 4.69) is 5.32 Å². The monoisotopic (exact) mass is 444 g/mol. The molecule has 1 aliphatic rings. The molecule has 7 nitrogen and oxygen atoms in total. The normalized spacial score (nSPS) is 18.2. The number of aliphatic hydroxyl groups is 1. The number of nitrogens with one attached hydrogen (secondary N) is 1. The highest BCUT2D eigenvalue weighted by molar-refractivity contribution is 5.94. The number of carbonyl (C=O) groups is 3. The van der Waals surface area contributed by atoms with Gasteiger partial charge in [0.2, 0.25) is 11.8 Å². The molecule has 0 aliphatic carbocycles. The molecule has 2 aromatic carbocycles. The van der Waals surface area contributed by atoms with Crippen molar-refractivity contribution in [3.8, 4) is 0 Å². The third-order valence-electron chi connectivity index (χ3n) is 5.26. The van der Waals surface area contributed by atoms with Gasteiger partial charge in [0.25, 0.3) is 11.8 Å². The average Bonchev–Trinajstić information content (AvgIpc) is 3.11. The van der Waals surface area contributed by atoms with Gasteiger partial charge in [-0.15, -0.1) is 0 Å². The number of likely N-dealkylation sites (tertiary alicyclic amines) is 1. The Morgan fingerprint density at radius 3 is 2.50 bits per heavy atom. The molecule has 0 bridgehead atoms. The van der Waals surface area contributed by atoms with Crippen LogP contribution >= 0.6 is 0 Å². The van der Waals surface area contributed by atoms with Crippen molar-refractivity contribution < 1.29 is 28.3 Å². The summed E-state index contributed by atoms with van der Waals surface area (Å²) in [6.07, 6.45) is -0.909. The van der Waals surface area contributed by atoms with Crippen LogP contribution in [0.2, 0.25) is 0 Å². The lowest BCUT2D eigenvalue weighted by Gasteiger charge is -2.25. The summed E-state index contributed by atoms with van der Waals surface area (Å²) in [5.74, 6) is -5.71. The van der Waals surface area contributed by atoms with E-state index < -0.39 is 48.8 Å². The average molecular weight is 444 g/mol. The van der Waals surface area contributed by atoms with Gasteiger partial charge < -0.3 is 21.1 Å². The predicted molar refractivity (Wildman–Crippen MR) is 112 cm³/mol. The Labute approximate surface area is 184 Å². The van der Waals surface area contributed by atoms with Gasteiger partial charge in [-0.05, 0) is 23.6 Å². The van der Waals surface area contributed by atoms with Crippen LogP contribution in [0.3, 0.4) is 0 Å². The van der Waals surface area contributed by atoms with E-state index in [0.717, 1.165) is 5.56 Å². The Bertz CT molecular complexity index is 984. The molecule has 0 spiro atoms. The molecule has 1 radical (unpaired) electrons. The minimum Gasteiger partial charge on any atom is -0.383 e. The van der Waals surface area contributed by atoms with E-state index in [1.165, 1.54) is 12.5 Å². The molecule has 2 aromatic rings. The first kappa shape index (κ1) is 23.3. The first-order valence-corrected chi connectivity index (χ1v) is 10.1. The molecule has 0 aromatic heterocycles. The Morgan fingerprint density at radius 1 is 1.16 bits per heavy atom. The molecular weight excluding hydrogens is 420 g/mol. The second kappa shape index (κ2) is 9.86. The molecule has 1 aliphatic heterocycles. The third-order valence-corrected chi connectivity index (χ3v) is 5.26. The highest BCUT2D eigenvalue weighted by Gasteiger charge is 2.50. The number of hydrogen-bond acceptors (Lipinski definition) is 4. The fourth-order valence-electron chi connectivity index (χ4n) is 3.63. The Balaban J connectivity index is 1.65. The van der Waals surface area contributed by atoms with Crippen LogP contribution in [0.25, 0.3) is 0 Å². The zero-order valence-corrected chi connectivity index (χ0v) is 17.2. The topological polar surface area (TPSA) is 113 Å². The van der Waals surface area contributed by atoms with Gasteiger partial charge in [0, 0.05) is 24.9 Å². The van der Waals surface area contributed by atoms with Crippen molar-refractivity contribution in [1.29, 1.82) is 0 Å². The van der Waals surface area contributed by atoms with Crippen LogP contribution < -0.4 is 11.1 Å². The van der Waals surface area contributed by atoms with Crippen molar-refractivity contribution in [1.82, 2.24) is 10.2 Å². The fourth-order valence-corrected chi connectivity index (χ4v) is 3.63. The summed E-state index contributed by atoms with van der Waals surface area (Å²) in [4.78, 5) is 37.5. The van der Waals surface area contributed by atoms with Crippen LogP contribution in [0.5, 0.6) is 0 Å². The zero-order valence-electron chi connectivity index (χ0n) is 17.2. The van der Waals surface area contributed by atoms with E-state index in [1.807, 2.05) is 6.07 Å². The molecule has 1 heterocycles. The molecule has 2 atom stereocenters. The molecule has 9 heteroatoms. The van der Waals surface area contributed by atoms with E-state index in [-0.39, 0.29) is 18.5 Å². The van der Waals surface area contributed by atoms with Crippen molar-refractivity contribution in [3.05, 3.63) is 77.7 Å². The Morgan fingerprint density at radius 2 is 1.81 bits per heavy atom.